The Bertz CT molecular complexity index is 283. The second kappa shape index (κ2) is 4.28. The van der Waals surface area contributed by atoms with E-state index in [1.807, 2.05) is 32.0 Å². The van der Waals surface area contributed by atoms with E-state index in [-0.39, 0.29) is 6.04 Å². The van der Waals surface area contributed by atoms with Crippen LogP contribution in [0, 0.1) is 0 Å². The van der Waals surface area contributed by atoms with Crippen LogP contribution in [0.1, 0.15) is 37.4 Å². The number of hydrogen-bond acceptors (Lipinski definition) is 2. The number of aromatic hydroxyl groups is 1. The summed E-state index contributed by atoms with van der Waals surface area (Å²) in [6.45, 7) is 4.04. The third-order valence-corrected chi connectivity index (χ3v) is 2.37. The Kier molecular flexibility index (Phi) is 3.32. The molecule has 0 aliphatic rings. The van der Waals surface area contributed by atoms with E-state index in [9.17, 15) is 5.11 Å². The van der Waals surface area contributed by atoms with Crippen LogP contribution in [-0.4, -0.2) is 5.11 Å². The number of hydrogen-bond donors (Lipinski definition) is 2. The number of phenols is 1. The number of benzene rings is 1. The molecular formula is C11H17NO. The quantitative estimate of drug-likeness (QED) is 0.748. The highest BCUT2D eigenvalue weighted by atomic mass is 16.3. The van der Waals surface area contributed by atoms with Crippen molar-refractivity contribution in [2.75, 3.05) is 0 Å². The molecule has 1 aromatic rings. The Balaban J connectivity index is 3.08. The molecule has 13 heavy (non-hydrogen) atoms. The van der Waals surface area contributed by atoms with Crippen molar-refractivity contribution in [3.8, 4) is 5.75 Å². The third kappa shape index (κ3) is 2.01. The average Bonchev–Trinajstić information content (AvgIpc) is 2.17. The van der Waals surface area contributed by atoms with Gasteiger partial charge in [-0.25, -0.2) is 0 Å². The molecule has 0 aliphatic heterocycles. The molecule has 0 radical (unpaired) electrons. The van der Waals surface area contributed by atoms with Gasteiger partial charge in [-0.2, -0.15) is 0 Å². The number of nitrogens with two attached hydrogens (primary N) is 1. The molecule has 3 N–H and O–H groups in total. The van der Waals surface area contributed by atoms with Crippen LogP contribution >= 0.6 is 0 Å². The Hall–Kier alpha value is -1.02. The number of aryl methyl sites for hydroxylation is 1. The molecule has 0 aliphatic carbocycles. The van der Waals surface area contributed by atoms with Crippen molar-refractivity contribution in [3.63, 3.8) is 0 Å². The van der Waals surface area contributed by atoms with Crippen molar-refractivity contribution in [3.05, 3.63) is 29.3 Å². The smallest absolute Gasteiger partial charge is 0.123 e. The molecular weight excluding hydrogens is 162 g/mol. The molecule has 1 atom stereocenters. The summed E-state index contributed by atoms with van der Waals surface area (Å²) in [7, 11) is 0. The van der Waals surface area contributed by atoms with Gasteiger partial charge in [-0.1, -0.05) is 32.0 Å². The zero-order valence-electron chi connectivity index (χ0n) is 8.25. The van der Waals surface area contributed by atoms with Crippen molar-refractivity contribution in [1.29, 1.82) is 0 Å². The Morgan fingerprint density at radius 3 is 2.62 bits per heavy atom. The molecule has 2 heteroatoms. The van der Waals surface area contributed by atoms with Crippen LogP contribution in [0.3, 0.4) is 0 Å². The van der Waals surface area contributed by atoms with Gasteiger partial charge in [-0.3, -0.25) is 0 Å². The monoisotopic (exact) mass is 179 g/mol. The summed E-state index contributed by atoms with van der Waals surface area (Å²) in [5, 5.41) is 9.81. The van der Waals surface area contributed by atoms with E-state index in [0.29, 0.717) is 5.75 Å². The number of rotatable bonds is 3. The van der Waals surface area contributed by atoms with Gasteiger partial charge in [0.2, 0.25) is 0 Å². The van der Waals surface area contributed by atoms with Crippen LogP contribution in [0.25, 0.3) is 0 Å². The summed E-state index contributed by atoms with van der Waals surface area (Å²) in [4.78, 5) is 0. The zero-order valence-corrected chi connectivity index (χ0v) is 8.25. The topological polar surface area (TPSA) is 46.2 Å². The van der Waals surface area contributed by atoms with E-state index < -0.39 is 0 Å². The normalized spacial score (nSPS) is 12.8. The molecule has 0 saturated heterocycles. The van der Waals surface area contributed by atoms with Crippen molar-refractivity contribution in [1.82, 2.24) is 0 Å². The van der Waals surface area contributed by atoms with Crippen molar-refractivity contribution >= 4 is 0 Å². The van der Waals surface area contributed by atoms with Gasteiger partial charge in [0.25, 0.3) is 0 Å². The molecule has 1 rings (SSSR count). The van der Waals surface area contributed by atoms with E-state index >= 15 is 0 Å². The summed E-state index contributed by atoms with van der Waals surface area (Å²) in [5.41, 5.74) is 7.70. The molecule has 0 amide bonds. The van der Waals surface area contributed by atoms with Crippen LogP contribution < -0.4 is 5.73 Å². The Labute approximate surface area is 79.4 Å². The van der Waals surface area contributed by atoms with Crippen molar-refractivity contribution in [2.24, 2.45) is 5.73 Å². The third-order valence-electron chi connectivity index (χ3n) is 2.37. The fourth-order valence-corrected chi connectivity index (χ4v) is 1.42. The lowest BCUT2D eigenvalue weighted by Crippen LogP contribution is -2.09. The fourth-order valence-electron chi connectivity index (χ4n) is 1.42. The molecule has 0 heterocycles. The van der Waals surface area contributed by atoms with Gasteiger partial charge in [0.15, 0.2) is 0 Å². The zero-order chi connectivity index (χ0) is 9.84. The standard InChI is InChI=1S/C11H17NO/c1-3-8-6-5-7-9(11(8)13)10(12)4-2/h5-7,10,13H,3-4,12H2,1-2H3/t10-/m0/s1. The van der Waals surface area contributed by atoms with Crippen LogP contribution in [0.2, 0.25) is 0 Å². The maximum Gasteiger partial charge on any atom is 0.123 e. The van der Waals surface area contributed by atoms with Gasteiger partial charge < -0.3 is 10.8 Å². The van der Waals surface area contributed by atoms with Gasteiger partial charge in [-0.15, -0.1) is 0 Å². The average molecular weight is 179 g/mol. The molecule has 0 fully saturated rings. The molecule has 0 unspecified atom stereocenters. The largest absolute Gasteiger partial charge is 0.507 e. The summed E-state index contributed by atoms with van der Waals surface area (Å²) in [6, 6.07) is 5.72. The first kappa shape index (κ1) is 10.1. The number of para-hydroxylation sites is 1. The van der Waals surface area contributed by atoms with Crippen LogP contribution in [0.5, 0.6) is 5.75 Å². The van der Waals surface area contributed by atoms with E-state index in [2.05, 4.69) is 0 Å². The first-order valence-corrected chi connectivity index (χ1v) is 4.77. The number of phenolic OH excluding ortho intramolecular Hbond substituents is 1. The van der Waals surface area contributed by atoms with Crippen LogP contribution in [0.4, 0.5) is 0 Å². The fraction of sp³-hybridized carbons (Fsp3) is 0.455. The molecule has 72 valence electrons. The lowest BCUT2D eigenvalue weighted by molar-refractivity contribution is 0.454. The summed E-state index contributed by atoms with van der Waals surface area (Å²) in [5.74, 6) is 0.374. The molecule has 1 aromatic carbocycles. The lowest BCUT2D eigenvalue weighted by atomic mass is 10.00. The van der Waals surface area contributed by atoms with Crippen molar-refractivity contribution < 1.29 is 5.11 Å². The van der Waals surface area contributed by atoms with E-state index in [4.69, 9.17) is 5.73 Å². The van der Waals surface area contributed by atoms with Crippen LogP contribution in [0.15, 0.2) is 18.2 Å². The first-order valence-electron chi connectivity index (χ1n) is 4.77. The van der Waals surface area contributed by atoms with E-state index in [1.165, 1.54) is 0 Å². The summed E-state index contributed by atoms with van der Waals surface area (Å²) >= 11 is 0. The minimum atomic E-state index is -0.0495. The molecule has 0 spiro atoms. The van der Waals surface area contributed by atoms with Gasteiger partial charge in [-0.05, 0) is 18.4 Å². The maximum atomic E-state index is 9.81. The van der Waals surface area contributed by atoms with Gasteiger partial charge >= 0.3 is 0 Å². The molecule has 0 bridgehead atoms. The van der Waals surface area contributed by atoms with Gasteiger partial charge in [0, 0.05) is 11.6 Å². The van der Waals surface area contributed by atoms with Crippen LogP contribution in [-0.2, 0) is 6.42 Å². The van der Waals surface area contributed by atoms with E-state index in [1.54, 1.807) is 0 Å². The van der Waals surface area contributed by atoms with Gasteiger partial charge in [0.1, 0.15) is 5.75 Å². The highest BCUT2D eigenvalue weighted by Gasteiger charge is 2.10. The van der Waals surface area contributed by atoms with Crippen molar-refractivity contribution in [2.45, 2.75) is 32.7 Å². The molecule has 2 nitrogen and oxygen atoms in total. The SMILES string of the molecule is CCc1cccc([C@@H](N)CC)c1O. The second-order valence-electron chi connectivity index (χ2n) is 3.22. The second-order valence-corrected chi connectivity index (χ2v) is 3.22. The molecule has 0 saturated carbocycles. The minimum absolute atomic E-state index is 0.0495. The van der Waals surface area contributed by atoms with Gasteiger partial charge in [0.05, 0.1) is 0 Å². The predicted molar refractivity (Wildman–Crippen MR) is 54.7 cm³/mol. The van der Waals surface area contributed by atoms with E-state index in [0.717, 1.165) is 24.0 Å². The maximum absolute atomic E-state index is 9.81. The highest BCUT2D eigenvalue weighted by Crippen LogP contribution is 2.28. The lowest BCUT2D eigenvalue weighted by Gasteiger charge is -2.13. The summed E-state index contributed by atoms with van der Waals surface area (Å²) < 4.78 is 0. The highest BCUT2D eigenvalue weighted by molar-refractivity contribution is 5.41. The predicted octanol–water partition coefficient (Wildman–Crippen LogP) is 2.36. The molecule has 0 aromatic heterocycles. The Morgan fingerprint density at radius 2 is 2.08 bits per heavy atom. The Morgan fingerprint density at radius 1 is 1.38 bits per heavy atom. The minimum Gasteiger partial charge on any atom is -0.507 e. The first-order chi connectivity index (χ1) is 6.20. The summed E-state index contributed by atoms with van der Waals surface area (Å²) in [6.07, 6.45) is 1.69.